The molecule has 0 aliphatic rings. The topological polar surface area (TPSA) is 59.1 Å². The fraction of sp³-hybridized carbons (Fsp3) is 0.0952. The Morgan fingerprint density at radius 2 is 1.65 bits per heavy atom. The number of carbonyl (C=O) groups excluding carboxylic acids is 2. The van der Waals surface area contributed by atoms with E-state index in [-0.39, 0.29) is 17.3 Å². The van der Waals surface area contributed by atoms with Crippen LogP contribution in [0.5, 0.6) is 0 Å². The van der Waals surface area contributed by atoms with E-state index in [1.54, 1.807) is 36.7 Å². The highest BCUT2D eigenvalue weighted by Gasteiger charge is 2.17. The molecular formula is C21H17FN2O2. The molecule has 0 unspecified atom stereocenters. The van der Waals surface area contributed by atoms with E-state index in [1.165, 1.54) is 24.3 Å². The number of hydrogen-bond acceptors (Lipinski definition) is 3. The quantitative estimate of drug-likeness (QED) is 0.695. The molecule has 0 aliphatic carbocycles. The zero-order valence-electron chi connectivity index (χ0n) is 14.0. The van der Waals surface area contributed by atoms with Crippen molar-refractivity contribution in [1.29, 1.82) is 0 Å². The highest BCUT2D eigenvalue weighted by Crippen LogP contribution is 2.15. The van der Waals surface area contributed by atoms with Crippen LogP contribution in [0.15, 0.2) is 73.1 Å². The van der Waals surface area contributed by atoms with Gasteiger partial charge in [0.15, 0.2) is 5.78 Å². The van der Waals surface area contributed by atoms with Crippen LogP contribution in [-0.4, -0.2) is 23.2 Å². The lowest BCUT2D eigenvalue weighted by Crippen LogP contribution is -2.27. The predicted octanol–water partition coefficient (Wildman–Crippen LogP) is 3.42. The minimum Gasteiger partial charge on any atom is -0.352 e. The van der Waals surface area contributed by atoms with Crippen LogP contribution < -0.4 is 5.32 Å². The smallest absolute Gasteiger partial charge is 0.252 e. The molecule has 2 aromatic carbocycles. The number of amides is 1. The number of pyridine rings is 1. The van der Waals surface area contributed by atoms with Crippen LogP contribution in [0.3, 0.4) is 0 Å². The first-order valence-corrected chi connectivity index (χ1v) is 8.21. The third-order valence-corrected chi connectivity index (χ3v) is 3.94. The number of nitrogens with zero attached hydrogens (tertiary/aromatic N) is 1. The van der Waals surface area contributed by atoms with Crippen LogP contribution in [0.25, 0.3) is 0 Å². The summed E-state index contributed by atoms with van der Waals surface area (Å²) >= 11 is 0. The van der Waals surface area contributed by atoms with E-state index >= 15 is 0 Å². The minimum atomic E-state index is -0.414. The van der Waals surface area contributed by atoms with Gasteiger partial charge in [0, 0.05) is 30.1 Å². The molecule has 26 heavy (non-hydrogen) atoms. The maximum absolute atomic E-state index is 13.1. The van der Waals surface area contributed by atoms with Crippen LogP contribution in [0.1, 0.15) is 31.8 Å². The van der Waals surface area contributed by atoms with E-state index in [2.05, 4.69) is 10.3 Å². The maximum atomic E-state index is 13.1. The first kappa shape index (κ1) is 17.5. The molecule has 0 spiro atoms. The van der Waals surface area contributed by atoms with Gasteiger partial charge in [0.05, 0.1) is 5.56 Å². The van der Waals surface area contributed by atoms with Crippen molar-refractivity contribution < 1.29 is 14.0 Å². The molecule has 3 rings (SSSR count). The Balaban J connectivity index is 1.72. The third-order valence-electron chi connectivity index (χ3n) is 3.94. The Labute approximate surface area is 150 Å². The van der Waals surface area contributed by atoms with E-state index in [0.717, 1.165) is 5.56 Å². The first-order valence-electron chi connectivity index (χ1n) is 8.21. The van der Waals surface area contributed by atoms with Gasteiger partial charge in [-0.25, -0.2) is 4.39 Å². The van der Waals surface area contributed by atoms with Gasteiger partial charge in [-0.3, -0.25) is 14.6 Å². The normalized spacial score (nSPS) is 10.3. The zero-order chi connectivity index (χ0) is 18.4. The average Bonchev–Trinajstić information content (AvgIpc) is 2.69. The summed E-state index contributed by atoms with van der Waals surface area (Å²) in [4.78, 5) is 29.2. The second-order valence-corrected chi connectivity index (χ2v) is 5.75. The molecule has 4 nitrogen and oxygen atoms in total. The SMILES string of the molecule is O=C(NCCc1cccnc1)c1ccccc1C(=O)c1ccc(F)cc1. The second-order valence-electron chi connectivity index (χ2n) is 5.75. The summed E-state index contributed by atoms with van der Waals surface area (Å²) in [6.45, 7) is 0.434. The van der Waals surface area contributed by atoms with E-state index in [4.69, 9.17) is 0 Å². The molecule has 0 fully saturated rings. The molecule has 0 atom stereocenters. The Kier molecular flexibility index (Phi) is 5.49. The summed E-state index contributed by atoms with van der Waals surface area (Å²) < 4.78 is 13.1. The predicted molar refractivity (Wildman–Crippen MR) is 96.5 cm³/mol. The van der Waals surface area contributed by atoms with Crippen LogP contribution in [0.4, 0.5) is 4.39 Å². The lowest BCUT2D eigenvalue weighted by molar-refractivity contribution is 0.0942. The number of ketones is 1. The molecule has 5 heteroatoms. The average molecular weight is 348 g/mol. The van der Waals surface area contributed by atoms with Gasteiger partial charge >= 0.3 is 0 Å². The fourth-order valence-corrected chi connectivity index (χ4v) is 2.60. The van der Waals surface area contributed by atoms with Gasteiger partial charge in [-0.2, -0.15) is 0 Å². The van der Waals surface area contributed by atoms with E-state index in [0.29, 0.717) is 24.1 Å². The van der Waals surface area contributed by atoms with Gasteiger partial charge < -0.3 is 5.32 Å². The number of aromatic nitrogens is 1. The second kappa shape index (κ2) is 8.16. The number of halogens is 1. The molecule has 0 radical (unpaired) electrons. The Hall–Kier alpha value is -3.34. The lowest BCUT2D eigenvalue weighted by Gasteiger charge is -2.10. The van der Waals surface area contributed by atoms with Crippen molar-refractivity contribution in [2.45, 2.75) is 6.42 Å². The Bertz CT molecular complexity index is 909. The number of rotatable bonds is 6. The van der Waals surface area contributed by atoms with Gasteiger partial charge in [-0.05, 0) is 48.4 Å². The molecule has 1 heterocycles. The standard InChI is InChI=1S/C21H17FN2O2/c22-17-9-7-16(8-10-17)20(25)18-5-1-2-6-19(18)21(26)24-13-11-15-4-3-12-23-14-15/h1-10,12,14H,11,13H2,(H,24,26). The van der Waals surface area contributed by atoms with E-state index < -0.39 is 5.82 Å². The number of hydrogen-bond donors (Lipinski definition) is 1. The van der Waals surface area contributed by atoms with Crippen molar-refractivity contribution in [2.75, 3.05) is 6.54 Å². The van der Waals surface area contributed by atoms with Gasteiger partial charge in [-0.15, -0.1) is 0 Å². The van der Waals surface area contributed by atoms with Crippen molar-refractivity contribution in [3.05, 3.63) is 101 Å². The van der Waals surface area contributed by atoms with Gasteiger partial charge in [0.1, 0.15) is 5.82 Å². The number of nitrogens with one attached hydrogen (secondary N) is 1. The van der Waals surface area contributed by atoms with Crippen molar-refractivity contribution in [3.63, 3.8) is 0 Å². The van der Waals surface area contributed by atoms with Crippen LogP contribution in [-0.2, 0) is 6.42 Å². The van der Waals surface area contributed by atoms with Crippen LogP contribution in [0.2, 0.25) is 0 Å². The fourth-order valence-electron chi connectivity index (χ4n) is 2.60. The van der Waals surface area contributed by atoms with Gasteiger partial charge in [-0.1, -0.05) is 24.3 Å². The highest BCUT2D eigenvalue weighted by atomic mass is 19.1. The third kappa shape index (κ3) is 4.19. The summed E-state index contributed by atoms with van der Waals surface area (Å²) in [5.41, 5.74) is 1.94. The Morgan fingerprint density at radius 1 is 0.923 bits per heavy atom. The molecule has 1 N–H and O–H groups in total. The van der Waals surface area contributed by atoms with Crippen molar-refractivity contribution >= 4 is 11.7 Å². The highest BCUT2D eigenvalue weighted by molar-refractivity contribution is 6.15. The molecule has 0 saturated carbocycles. The lowest BCUT2D eigenvalue weighted by atomic mass is 9.98. The van der Waals surface area contributed by atoms with Crippen molar-refractivity contribution in [2.24, 2.45) is 0 Å². The zero-order valence-corrected chi connectivity index (χ0v) is 14.0. The molecule has 3 aromatic rings. The van der Waals surface area contributed by atoms with Gasteiger partial charge in [0.2, 0.25) is 0 Å². The van der Waals surface area contributed by atoms with Crippen molar-refractivity contribution in [3.8, 4) is 0 Å². The number of carbonyl (C=O) groups is 2. The minimum absolute atomic E-state index is 0.290. The largest absolute Gasteiger partial charge is 0.352 e. The van der Waals surface area contributed by atoms with E-state index in [9.17, 15) is 14.0 Å². The molecule has 130 valence electrons. The summed E-state index contributed by atoms with van der Waals surface area (Å²) in [5, 5.41) is 2.82. The van der Waals surface area contributed by atoms with Gasteiger partial charge in [0.25, 0.3) is 5.91 Å². The Morgan fingerprint density at radius 3 is 2.35 bits per heavy atom. The molecule has 0 saturated heterocycles. The molecular weight excluding hydrogens is 331 g/mol. The molecule has 0 bridgehead atoms. The van der Waals surface area contributed by atoms with Crippen LogP contribution >= 0.6 is 0 Å². The summed E-state index contributed by atoms with van der Waals surface area (Å²) in [6, 6.07) is 15.7. The molecule has 1 amide bonds. The monoisotopic (exact) mass is 348 g/mol. The van der Waals surface area contributed by atoms with E-state index in [1.807, 2.05) is 12.1 Å². The summed E-state index contributed by atoms with van der Waals surface area (Å²) in [5.74, 6) is -1.05. The summed E-state index contributed by atoms with van der Waals surface area (Å²) in [6.07, 6.45) is 4.09. The maximum Gasteiger partial charge on any atom is 0.252 e. The molecule has 0 aliphatic heterocycles. The first-order chi connectivity index (χ1) is 12.6. The number of benzene rings is 2. The van der Waals surface area contributed by atoms with Crippen LogP contribution in [0, 0.1) is 5.82 Å². The summed E-state index contributed by atoms with van der Waals surface area (Å²) in [7, 11) is 0. The molecule has 1 aromatic heterocycles. The van der Waals surface area contributed by atoms with Crippen molar-refractivity contribution in [1.82, 2.24) is 10.3 Å².